The lowest BCUT2D eigenvalue weighted by molar-refractivity contribution is -0.146. The molecule has 5 heteroatoms. The number of hydrogen-bond donors (Lipinski definition) is 2. The molecule has 20 heavy (non-hydrogen) atoms. The van der Waals surface area contributed by atoms with Gasteiger partial charge in [-0.3, -0.25) is 9.59 Å². The number of nitrogens with zero attached hydrogens (tertiary/aromatic N) is 1. The highest BCUT2D eigenvalue weighted by Gasteiger charge is 2.39. The average Bonchev–Trinajstić information content (AvgIpc) is 2.41. The molecule has 0 unspecified atom stereocenters. The first-order valence-electron chi connectivity index (χ1n) is 6.48. The van der Waals surface area contributed by atoms with Gasteiger partial charge in [-0.2, -0.15) is 0 Å². The first-order valence-corrected chi connectivity index (χ1v) is 6.48. The molecule has 0 bridgehead atoms. The van der Waals surface area contributed by atoms with Crippen LogP contribution in [0.15, 0.2) is 30.3 Å². The number of amides is 2. The molecule has 2 amide bonds. The number of hydrogen-bond acceptors (Lipinski definition) is 3. The van der Waals surface area contributed by atoms with Crippen LogP contribution in [0.5, 0.6) is 5.75 Å². The van der Waals surface area contributed by atoms with Crippen LogP contribution in [0.2, 0.25) is 0 Å². The number of rotatable bonds is 2. The van der Waals surface area contributed by atoms with E-state index in [1.165, 1.54) is 6.08 Å². The molecule has 1 aliphatic heterocycles. The molecule has 1 aromatic carbocycles. The van der Waals surface area contributed by atoms with Crippen LogP contribution in [0.1, 0.15) is 19.4 Å². The fourth-order valence-corrected chi connectivity index (χ4v) is 2.13. The average molecular weight is 274 g/mol. The summed E-state index contributed by atoms with van der Waals surface area (Å²) in [6, 6.07) is 6.55. The lowest BCUT2D eigenvalue weighted by Gasteiger charge is -2.40. The van der Waals surface area contributed by atoms with E-state index in [4.69, 9.17) is 0 Å². The molecule has 0 aliphatic carbocycles. The number of nitrogens with one attached hydrogen (secondary N) is 1. The van der Waals surface area contributed by atoms with Gasteiger partial charge in [-0.05, 0) is 37.6 Å². The molecule has 0 atom stereocenters. The van der Waals surface area contributed by atoms with E-state index in [1.807, 2.05) is 0 Å². The number of benzene rings is 1. The van der Waals surface area contributed by atoms with Crippen molar-refractivity contribution >= 4 is 17.9 Å². The van der Waals surface area contributed by atoms with E-state index < -0.39 is 5.54 Å². The van der Waals surface area contributed by atoms with Crippen molar-refractivity contribution < 1.29 is 14.7 Å². The minimum absolute atomic E-state index is 0.143. The predicted octanol–water partition coefficient (Wildman–Crippen LogP) is 1.14. The maximum Gasteiger partial charge on any atom is 0.247 e. The third-order valence-electron chi connectivity index (χ3n) is 3.43. The summed E-state index contributed by atoms with van der Waals surface area (Å²) in [5, 5.41) is 11.9. The number of carbonyl (C=O) groups is 2. The van der Waals surface area contributed by atoms with Crippen molar-refractivity contribution in [3.05, 3.63) is 35.9 Å². The molecule has 5 nitrogen and oxygen atoms in total. The zero-order valence-electron chi connectivity index (χ0n) is 11.6. The Morgan fingerprint density at radius 1 is 1.35 bits per heavy atom. The van der Waals surface area contributed by atoms with Crippen molar-refractivity contribution in [3.8, 4) is 5.75 Å². The van der Waals surface area contributed by atoms with Gasteiger partial charge in [0.15, 0.2) is 0 Å². The summed E-state index contributed by atoms with van der Waals surface area (Å²) in [7, 11) is 0. The van der Waals surface area contributed by atoms with Gasteiger partial charge >= 0.3 is 0 Å². The molecule has 1 aromatic rings. The Hall–Kier alpha value is -2.30. The van der Waals surface area contributed by atoms with Gasteiger partial charge in [-0.25, -0.2) is 0 Å². The van der Waals surface area contributed by atoms with Gasteiger partial charge in [-0.15, -0.1) is 0 Å². The quantitative estimate of drug-likeness (QED) is 0.795. The van der Waals surface area contributed by atoms with Crippen molar-refractivity contribution in [1.29, 1.82) is 0 Å². The smallest absolute Gasteiger partial charge is 0.247 e. The molecule has 1 saturated heterocycles. The second-order valence-corrected chi connectivity index (χ2v) is 5.23. The SMILES string of the molecule is CC1(C)C(=O)NCCN1C(=O)C=Cc1ccc(O)cc1. The summed E-state index contributed by atoms with van der Waals surface area (Å²) in [4.78, 5) is 25.6. The molecule has 2 rings (SSSR count). The monoisotopic (exact) mass is 274 g/mol. The number of phenolic OH excluding ortho intramolecular Hbond substituents is 1. The highest BCUT2D eigenvalue weighted by molar-refractivity contribution is 5.97. The third kappa shape index (κ3) is 2.82. The number of carbonyl (C=O) groups excluding carboxylic acids is 2. The minimum atomic E-state index is -0.839. The molecule has 0 spiro atoms. The van der Waals surface area contributed by atoms with Gasteiger partial charge in [0.25, 0.3) is 0 Å². The molecule has 0 aromatic heterocycles. The predicted molar refractivity (Wildman–Crippen MR) is 75.9 cm³/mol. The van der Waals surface area contributed by atoms with E-state index in [0.29, 0.717) is 13.1 Å². The van der Waals surface area contributed by atoms with Crippen LogP contribution in [-0.4, -0.2) is 40.4 Å². The van der Waals surface area contributed by atoms with Crippen LogP contribution in [0, 0.1) is 0 Å². The first-order chi connectivity index (χ1) is 9.41. The van der Waals surface area contributed by atoms with Gasteiger partial charge in [0.05, 0.1) is 0 Å². The second-order valence-electron chi connectivity index (χ2n) is 5.23. The maximum absolute atomic E-state index is 12.2. The second kappa shape index (κ2) is 5.36. The number of phenols is 1. The fourth-order valence-electron chi connectivity index (χ4n) is 2.13. The Balaban J connectivity index is 2.11. The van der Waals surface area contributed by atoms with Crippen LogP contribution in [0.25, 0.3) is 6.08 Å². The summed E-state index contributed by atoms with van der Waals surface area (Å²) in [6.07, 6.45) is 3.12. The van der Waals surface area contributed by atoms with Crippen molar-refractivity contribution in [2.24, 2.45) is 0 Å². The zero-order valence-corrected chi connectivity index (χ0v) is 11.6. The van der Waals surface area contributed by atoms with Crippen molar-refractivity contribution in [2.45, 2.75) is 19.4 Å². The summed E-state index contributed by atoms with van der Waals surface area (Å²) in [6.45, 7) is 4.43. The highest BCUT2D eigenvalue weighted by atomic mass is 16.3. The molecular formula is C15H18N2O3. The molecule has 0 saturated carbocycles. The van der Waals surface area contributed by atoms with Gasteiger partial charge < -0.3 is 15.3 Å². The molecular weight excluding hydrogens is 256 g/mol. The van der Waals surface area contributed by atoms with Crippen LogP contribution < -0.4 is 5.32 Å². The van der Waals surface area contributed by atoms with E-state index >= 15 is 0 Å². The van der Waals surface area contributed by atoms with Crippen molar-refractivity contribution in [3.63, 3.8) is 0 Å². The van der Waals surface area contributed by atoms with E-state index in [1.54, 1.807) is 49.1 Å². The standard InChI is InChI=1S/C15H18N2O3/c1-15(2)14(20)16-9-10-17(15)13(19)8-5-11-3-6-12(18)7-4-11/h3-8,18H,9-10H2,1-2H3,(H,16,20). The topological polar surface area (TPSA) is 69.6 Å². The molecule has 1 heterocycles. The fraction of sp³-hybridized carbons (Fsp3) is 0.333. The summed E-state index contributed by atoms with van der Waals surface area (Å²) >= 11 is 0. The van der Waals surface area contributed by atoms with E-state index in [2.05, 4.69) is 5.32 Å². The Morgan fingerprint density at radius 3 is 2.65 bits per heavy atom. The van der Waals surface area contributed by atoms with Gasteiger partial charge in [-0.1, -0.05) is 12.1 Å². The van der Waals surface area contributed by atoms with E-state index in [-0.39, 0.29) is 17.6 Å². The Bertz CT molecular complexity index is 547. The minimum Gasteiger partial charge on any atom is -0.508 e. The van der Waals surface area contributed by atoms with Gasteiger partial charge in [0.2, 0.25) is 11.8 Å². The van der Waals surface area contributed by atoms with E-state index in [9.17, 15) is 14.7 Å². The van der Waals surface area contributed by atoms with Crippen LogP contribution >= 0.6 is 0 Å². The molecule has 1 fully saturated rings. The van der Waals surface area contributed by atoms with Crippen LogP contribution in [0.3, 0.4) is 0 Å². The molecule has 2 N–H and O–H groups in total. The van der Waals surface area contributed by atoms with Gasteiger partial charge in [0, 0.05) is 19.2 Å². The number of piperazine rings is 1. The maximum atomic E-state index is 12.2. The van der Waals surface area contributed by atoms with Crippen LogP contribution in [-0.2, 0) is 9.59 Å². The summed E-state index contributed by atoms with van der Waals surface area (Å²) in [5.74, 6) is -0.157. The van der Waals surface area contributed by atoms with E-state index in [0.717, 1.165) is 5.56 Å². The van der Waals surface area contributed by atoms with Crippen molar-refractivity contribution in [1.82, 2.24) is 10.2 Å². The zero-order chi connectivity index (χ0) is 14.8. The lowest BCUT2D eigenvalue weighted by Crippen LogP contribution is -2.63. The normalized spacial score (nSPS) is 18.1. The largest absolute Gasteiger partial charge is 0.508 e. The molecule has 106 valence electrons. The highest BCUT2D eigenvalue weighted by Crippen LogP contribution is 2.18. The Kier molecular flexibility index (Phi) is 3.79. The first kappa shape index (κ1) is 14.1. The summed E-state index contributed by atoms with van der Waals surface area (Å²) < 4.78 is 0. The Labute approximate surface area is 117 Å². The summed E-state index contributed by atoms with van der Waals surface area (Å²) in [5.41, 5.74) is -0.0235. The van der Waals surface area contributed by atoms with Gasteiger partial charge in [0.1, 0.15) is 11.3 Å². The lowest BCUT2D eigenvalue weighted by atomic mass is 9.98. The Morgan fingerprint density at radius 2 is 2.00 bits per heavy atom. The van der Waals surface area contributed by atoms with Crippen LogP contribution in [0.4, 0.5) is 0 Å². The molecule has 0 radical (unpaired) electrons. The van der Waals surface area contributed by atoms with Crippen molar-refractivity contribution in [2.75, 3.05) is 13.1 Å². The molecule has 1 aliphatic rings. The number of aromatic hydroxyl groups is 1. The third-order valence-corrected chi connectivity index (χ3v) is 3.43.